The SMILES string of the molecule is CCCCCCCCCCCCCCCCCCC(O)CC(=O)NC(CO)C(O)CCCCCCCCCCCCCCC. The van der Waals surface area contributed by atoms with Crippen LogP contribution in [0.1, 0.15) is 219 Å². The van der Waals surface area contributed by atoms with Gasteiger partial charge in [0.1, 0.15) is 0 Å². The van der Waals surface area contributed by atoms with Gasteiger partial charge < -0.3 is 20.6 Å². The number of hydrogen-bond acceptors (Lipinski definition) is 4. The normalized spacial score (nSPS) is 13.7. The summed E-state index contributed by atoms with van der Waals surface area (Å²) in [6, 6.07) is -0.650. The molecule has 0 aliphatic heterocycles. The van der Waals surface area contributed by atoms with Gasteiger partial charge in [0.25, 0.3) is 0 Å². The molecule has 1 amide bonds. The van der Waals surface area contributed by atoms with Crippen LogP contribution < -0.4 is 5.32 Å². The zero-order valence-electron chi connectivity index (χ0n) is 29.8. The highest BCUT2D eigenvalue weighted by Crippen LogP contribution is 2.16. The Labute approximate surface area is 275 Å². The number of unbranched alkanes of at least 4 members (excludes halogenated alkanes) is 27. The lowest BCUT2D eigenvalue weighted by molar-refractivity contribution is -0.125. The summed E-state index contributed by atoms with van der Waals surface area (Å²) >= 11 is 0. The van der Waals surface area contributed by atoms with Crippen LogP contribution in [0.3, 0.4) is 0 Å². The smallest absolute Gasteiger partial charge is 0.222 e. The summed E-state index contributed by atoms with van der Waals surface area (Å²) in [5, 5.41) is 33.3. The number of hydrogen-bond donors (Lipinski definition) is 4. The van der Waals surface area contributed by atoms with Crippen molar-refractivity contribution in [3.05, 3.63) is 0 Å². The van der Waals surface area contributed by atoms with Gasteiger partial charge in [-0.3, -0.25) is 4.79 Å². The first kappa shape index (κ1) is 43.4. The highest BCUT2D eigenvalue weighted by molar-refractivity contribution is 5.76. The summed E-state index contributed by atoms with van der Waals surface area (Å²) in [7, 11) is 0. The van der Waals surface area contributed by atoms with Crippen LogP contribution in [-0.2, 0) is 4.79 Å². The molecular weight excluding hydrogens is 546 g/mol. The van der Waals surface area contributed by atoms with E-state index in [-0.39, 0.29) is 18.9 Å². The molecule has 0 aliphatic rings. The zero-order chi connectivity index (χ0) is 32.4. The second-order valence-electron chi connectivity index (χ2n) is 13.9. The van der Waals surface area contributed by atoms with Crippen LogP contribution in [0.15, 0.2) is 0 Å². The maximum atomic E-state index is 12.4. The molecule has 0 aliphatic carbocycles. The lowest BCUT2D eigenvalue weighted by atomic mass is 10.0. The molecule has 44 heavy (non-hydrogen) atoms. The second-order valence-corrected chi connectivity index (χ2v) is 13.9. The number of nitrogens with one attached hydrogen (secondary N) is 1. The van der Waals surface area contributed by atoms with Crippen molar-refractivity contribution >= 4 is 5.91 Å². The van der Waals surface area contributed by atoms with E-state index >= 15 is 0 Å². The van der Waals surface area contributed by atoms with E-state index in [9.17, 15) is 20.1 Å². The Balaban J connectivity index is 3.62. The molecule has 0 saturated heterocycles. The van der Waals surface area contributed by atoms with Crippen molar-refractivity contribution in [2.45, 2.75) is 238 Å². The van der Waals surface area contributed by atoms with Gasteiger partial charge in [0.05, 0.1) is 31.3 Å². The predicted octanol–water partition coefficient (Wildman–Crippen LogP) is 10.7. The Hall–Kier alpha value is -0.650. The van der Waals surface area contributed by atoms with Gasteiger partial charge >= 0.3 is 0 Å². The van der Waals surface area contributed by atoms with Crippen molar-refractivity contribution < 1.29 is 20.1 Å². The maximum absolute atomic E-state index is 12.4. The van der Waals surface area contributed by atoms with Crippen molar-refractivity contribution in [1.29, 1.82) is 0 Å². The third-order valence-electron chi connectivity index (χ3n) is 9.42. The van der Waals surface area contributed by atoms with Gasteiger partial charge in [-0.25, -0.2) is 0 Å². The quantitative estimate of drug-likeness (QED) is 0.0521. The van der Waals surface area contributed by atoms with Crippen LogP contribution in [0.4, 0.5) is 0 Å². The minimum absolute atomic E-state index is 0.0424. The Morgan fingerprint density at radius 2 is 0.773 bits per heavy atom. The molecular formula is C39H79NO4. The molecule has 5 heteroatoms. The van der Waals surface area contributed by atoms with Crippen LogP contribution in [0, 0.1) is 0 Å². The molecule has 0 spiro atoms. The molecule has 0 rings (SSSR count). The van der Waals surface area contributed by atoms with E-state index in [1.807, 2.05) is 0 Å². The van der Waals surface area contributed by atoms with Crippen LogP contribution in [-0.4, -0.2) is 46.1 Å². The summed E-state index contributed by atoms with van der Waals surface area (Å²) in [5.74, 6) is -0.280. The Bertz CT molecular complexity index is 572. The fraction of sp³-hybridized carbons (Fsp3) is 0.974. The summed E-state index contributed by atoms with van der Waals surface area (Å²) in [6.07, 6.45) is 37.7. The van der Waals surface area contributed by atoms with Crippen LogP contribution >= 0.6 is 0 Å². The molecule has 264 valence electrons. The maximum Gasteiger partial charge on any atom is 0.222 e. The molecule has 3 unspecified atom stereocenters. The van der Waals surface area contributed by atoms with Gasteiger partial charge in [-0.2, -0.15) is 0 Å². The molecule has 0 radical (unpaired) electrons. The first-order valence-corrected chi connectivity index (χ1v) is 19.8. The van der Waals surface area contributed by atoms with E-state index in [0.717, 1.165) is 25.7 Å². The van der Waals surface area contributed by atoms with E-state index in [1.54, 1.807) is 0 Å². The zero-order valence-corrected chi connectivity index (χ0v) is 29.8. The summed E-state index contributed by atoms with van der Waals surface area (Å²) < 4.78 is 0. The van der Waals surface area contributed by atoms with Crippen molar-refractivity contribution in [2.24, 2.45) is 0 Å². The molecule has 0 bridgehead atoms. The largest absolute Gasteiger partial charge is 0.394 e. The lowest BCUT2D eigenvalue weighted by Gasteiger charge is -2.23. The van der Waals surface area contributed by atoms with Crippen molar-refractivity contribution in [3.63, 3.8) is 0 Å². The highest BCUT2D eigenvalue weighted by Gasteiger charge is 2.21. The van der Waals surface area contributed by atoms with Gasteiger partial charge in [0.2, 0.25) is 5.91 Å². The minimum atomic E-state index is -0.742. The van der Waals surface area contributed by atoms with E-state index in [2.05, 4.69) is 19.2 Å². The minimum Gasteiger partial charge on any atom is -0.394 e. The first-order valence-electron chi connectivity index (χ1n) is 19.8. The Morgan fingerprint density at radius 3 is 1.09 bits per heavy atom. The average Bonchev–Trinajstić information content (AvgIpc) is 3.01. The monoisotopic (exact) mass is 626 g/mol. The first-order chi connectivity index (χ1) is 21.5. The number of aliphatic hydroxyl groups excluding tert-OH is 3. The number of rotatable bonds is 36. The predicted molar refractivity (Wildman–Crippen MR) is 190 cm³/mol. The molecule has 0 aromatic rings. The third-order valence-corrected chi connectivity index (χ3v) is 9.42. The number of carbonyl (C=O) groups excluding carboxylic acids is 1. The van der Waals surface area contributed by atoms with Crippen LogP contribution in [0.5, 0.6) is 0 Å². The molecule has 4 N–H and O–H groups in total. The summed E-state index contributed by atoms with van der Waals surface area (Å²) in [5.41, 5.74) is 0. The summed E-state index contributed by atoms with van der Waals surface area (Å²) in [4.78, 5) is 12.4. The molecule has 0 heterocycles. The standard InChI is InChI=1S/C39H79NO4/c1-3-5-7-9-11-13-15-17-18-19-21-22-24-26-28-30-32-36(42)34-39(44)40-37(35-41)38(43)33-31-29-27-25-23-20-16-14-12-10-8-6-4-2/h36-38,41-43H,3-35H2,1-2H3,(H,40,44). The van der Waals surface area contributed by atoms with Crippen LogP contribution in [0.2, 0.25) is 0 Å². The van der Waals surface area contributed by atoms with Crippen LogP contribution in [0.25, 0.3) is 0 Å². The average molecular weight is 626 g/mol. The van der Waals surface area contributed by atoms with Gasteiger partial charge in [-0.15, -0.1) is 0 Å². The third kappa shape index (κ3) is 31.3. The van der Waals surface area contributed by atoms with E-state index in [1.165, 1.54) is 161 Å². The fourth-order valence-corrected chi connectivity index (χ4v) is 6.35. The topological polar surface area (TPSA) is 89.8 Å². The highest BCUT2D eigenvalue weighted by atomic mass is 16.3. The van der Waals surface area contributed by atoms with Gasteiger partial charge in [-0.05, 0) is 12.8 Å². The van der Waals surface area contributed by atoms with E-state index < -0.39 is 18.2 Å². The van der Waals surface area contributed by atoms with E-state index in [0.29, 0.717) is 12.8 Å². The molecule has 0 fully saturated rings. The molecule has 0 aromatic heterocycles. The Kier molecular flexibility index (Phi) is 34.7. The number of aliphatic hydroxyl groups is 3. The van der Waals surface area contributed by atoms with Crippen molar-refractivity contribution in [3.8, 4) is 0 Å². The fourth-order valence-electron chi connectivity index (χ4n) is 6.35. The van der Waals surface area contributed by atoms with Gasteiger partial charge in [0.15, 0.2) is 0 Å². The lowest BCUT2D eigenvalue weighted by Crippen LogP contribution is -2.46. The van der Waals surface area contributed by atoms with Gasteiger partial charge in [-0.1, -0.05) is 200 Å². The molecule has 5 nitrogen and oxygen atoms in total. The number of carbonyl (C=O) groups is 1. The summed E-state index contributed by atoms with van der Waals surface area (Å²) in [6.45, 7) is 4.26. The molecule has 0 saturated carbocycles. The molecule has 3 atom stereocenters. The van der Waals surface area contributed by atoms with Crippen molar-refractivity contribution in [2.75, 3.05) is 6.61 Å². The van der Waals surface area contributed by atoms with Crippen molar-refractivity contribution in [1.82, 2.24) is 5.32 Å². The molecule has 0 aromatic carbocycles. The van der Waals surface area contributed by atoms with E-state index in [4.69, 9.17) is 0 Å². The Morgan fingerprint density at radius 1 is 0.477 bits per heavy atom. The second kappa shape index (κ2) is 35.2. The van der Waals surface area contributed by atoms with Gasteiger partial charge in [0, 0.05) is 0 Å². The number of amides is 1.